The smallest absolute Gasteiger partial charge is 0.545 e. The first-order valence-electron chi connectivity index (χ1n) is 3.65. The van der Waals surface area contributed by atoms with Crippen LogP contribution in [0.2, 0.25) is 0 Å². The summed E-state index contributed by atoms with van der Waals surface area (Å²) in [5.74, 6) is -1.44. The van der Waals surface area contributed by atoms with Crippen molar-refractivity contribution in [3.63, 3.8) is 0 Å². The quantitative estimate of drug-likeness (QED) is 0.314. The average molecular weight is 246 g/mol. The maximum atomic E-state index is 10.6. The van der Waals surface area contributed by atoms with E-state index < -0.39 is 21.3 Å². The molecule has 0 aromatic carbocycles. The third-order valence-corrected chi connectivity index (χ3v) is 2.78. The van der Waals surface area contributed by atoms with Gasteiger partial charge in [-0.05, 0) is 18.9 Å². The average Bonchev–Trinajstić information content (AvgIpc) is 1.96. The molecule has 0 saturated carbocycles. The van der Waals surface area contributed by atoms with Crippen molar-refractivity contribution in [1.82, 2.24) is 0 Å². The van der Waals surface area contributed by atoms with Crippen LogP contribution in [0.15, 0.2) is 11.6 Å². The fraction of sp³-hybridized carbons (Fsp3) is 0.571. The summed E-state index contributed by atoms with van der Waals surface area (Å²) in [5.41, 5.74) is -0.204. The second kappa shape index (κ2) is 7.10. The maximum Gasteiger partial charge on any atom is 1.00 e. The van der Waals surface area contributed by atoms with Crippen LogP contribution in [0.4, 0.5) is 0 Å². The van der Waals surface area contributed by atoms with Gasteiger partial charge in [-0.25, -0.2) is 0 Å². The number of carbonyl (C=O) groups excluding carboxylic acids is 1. The van der Waals surface area contributed by atoms with E-state index in [1.54, 1.807) is 0 Å². The summed E-state index contributed by atoms with van der Waals surface area (Å²) in [4.78, 5) is 10.2. The van der Waals surface area contributed by atoms with Crippen LogP contribution in [-0.4, -0.2) is 24.2 Å². The number of carbonyl (C=O) groups is 1. The molecule has 1 atom stereocenters. The van der Waals surface area contributed by atoms with Gasteiger partial charge in [0.1, 0.15) is 5.25 Å². The molecule has 5 nitrogen and oxygen atoms in total. The summed E-state index contributed by atoms with van der Waals surface area (Å²) in [6.45, 7) is 2.74. The Labute approximate surface area is 126 Å². The first-order chi connectivity index (χ1) is 5.79. The Morgan fingerprint density at radius 1 is 1.57 bits per heavy atom. The molecule has 0 aliphatic heterocycles. The zero-order valence-corrected chi connectivity index (χ0v) is 12.3. The topological polar surface area (TPSA) is 94.5 Å². The molecule has 1 N–H and O–H groups in total. The van der Waals surface area contributed by atoms with E-state index in [2.05, 4.69) is 0 Å². The zero-order chi connectivity index (χ0) is 10.6. The zero-order valence-electron chi connectivity index (χ0n) is 8.35. The molecule has 0 aliphatic carbocycles. The summed E-state index contributed by atoms with van der Waals surface area (Å²) >= 11 is 0. The number of hydrogen-bond acceptors (Lipinski definition) is 4. The Morgan fingerprint density at radius 3 is 2.21 bits per heavy atom. The summed E-state index contributed by atoms with van der Waals surface area (Å²) in [5, 5.41) is 9.05. The van der Waals surface area contributed by atoms with Gasteiger partial charge in [-0.3, -0.25) is 4.55 Å². The third-order valence-electron chi connectivity index (χ3n) is 1.54. The number of rotatable bonds is 4. The van der Waals surface area contributed by atoms with Crippen molar-refractivity contribution in [2.75, 3.05) is 0 Å². The molecular formula is C7H11KO5S. The van der Waals surface area contributed by atoms with Gasteiger partial charge in [-0.2, -0.15) is 8.42 Å². The van der Waals surface area contributed by atoms with Crippen molar-refractivity contribution in [3.05, 3.63) is 11.6 Å². The Hall–Kier alpha value is 0.756. The summed E-state index contributed by atoms with van der Waals surface area (Å²) in [7, 11) is -4.21. The first kappa shape index (κ1) is 17.2. The van der Waals surface area contributed by atoms with E-state index in [9.17, 15) is 18.3 Å². The van der Waals surface area contributed by atoms with Gasteiger partial charge in [-0.15, -0.1) is 0 Å². The van der Waals surface area contributed by atoms with Crippen molar-refractivity contribution in [1.29, 1.82) is 0 Å². The van der Waals surface area contributed by atoms with Crippen molar-refractivity contribution in [2.24, 2.45) is 0 Å². The second-order valence-electron chi connectivity index (χ2n) is 2.60. The fourth-order valence-electron chi connectivity index (χ4n) is 0.761. The molecule has 0 bridgehead atoms. The normalized spacial score (nSPS) is 14.4. The summed E-state index contributed by atoms with van der Waals surface area (Å²) in [6, 6.07) is 0. The van der Waals surface area contributed by atoms with Gasteiger partial charge in [0.25, 0.3) is 10.1 Å². The Bertz CT molecular complexity index is 319. The molecule has 0 fully saturated rings. The van der Waals surface area contributed by atoms with Gasteiger partial charge < -0.3 is 9.90 Å². The molecule has 0 aliphatic rings. The number of carboxylic acids is 1. The van der Waals surface area contributed by atoms with E-state index in [4.69, 9.17) is 4.55 Å². The number of carboxylic acid groups (broad SMARTS) is 1. The maximum absolute atomic E-state index is 10.6. The Balaban J connectivity index is 0. The third kappa shape index (κ3) is 6.28. The van der Waals surface area contributed by atoms with E-state index in [0.29, 0.717) is 0 Å². The van der Waals surface area contributed by atoms with Crippen LogP contribution in [-0.2, 0) is 14.9 Å². The molecule has 14 heavy (non-hydrogen) atoms. The number of hydrogen-bond donors (Lipinski definition) is 1. The van der Waals surface area contributed by atoms with Crippen LogP contribution in [0, 0.1) is 0 Å². The molecule has 0 saturated heterocycles. The van der Waals surface area contributed by atoms with Gasteiger partial charge in [0.2, 0.25) is 0 Å². The van der Waals surface area contributed by atoms with Crippen LogP contribution in [0.1, 0.15) is 20.3 Å². The summed E-state index contributed by atoms with van der Waals surface area (Å²) in [6.07, 6.45) is 1.08. The molecule has 0 amide bonds. The van der Waals surface area contributed by atoms with Gasteiger partial charge in [-0.1, -0.05) is 13.0 Å². The molecular weight excluding hydrogens is 235 g/mol. The van der Waals surface area contributed by atoms with Gasteiger partial charge in [0.05, 0.1) is 5.97 Å². The Kier molecular flexibility index (Phi) is 8.70. The molecule has 0 rings (SSSR count). The standard InChI is InChI=1S/C7H12O5S.K/c1-3-6(13(10,11)12)4-5(2)7(8)9;/h4,6H,3H2,1-2H3,(H,8,9)(H,10,11,12);/q;+1/p-1/b5-4+;. The minimum atomic E-state index is -4.21. The van der Waals surface area contributed by atoms with Crippen molar-refractivity contribution < 1.29 is 74.3 Å². The SMILES string of the molecule is CCC(/C=C(\C)C(=O)[O-])S(=O)(=O)O.[K+]. The summed E-state index contributed by atoms with van der Waals surface area (Å²) < 4.78 is 29.9. The minimum absolute atomic E-state index is 0. The van der Waals surface area contributed by atoms with Crippen LogP contribution in [0.5, 0.6) is 0 Å². The largest absolute Gasteiger partial charge is 1.00 e. The van der Waals surface area contributed by atoms with Crippen molar-refractivity contribution >= 4 is 16.1 Å². The molecule has 76 valence electrons. The molecule has 7 heteroatoms. The molecule has 0 heterocycles. The first-order valence-corrected chi connectivity index (χ1v) is 5.15. The van der Waals surface area contributed by atoms with Gasteiger partial charge in [0.15, 0.2) is 0 Å². The molecule has 0 radical (unpaired) electrons. The van der Waals surface area contributed by atoms with E-state index in [0.717, 1.165) is 6.08 Å². The molecule has 1 unspecified atom stereocenters. The minimum Gasteiger partial charge on any atom is -0.545 e. The van der Waals surface area contributed by atoms with E-state index in [-0.39, 0.29) is 63.4 Å². The fourth-order valence-corrected chi connectivity index (χ4v) is 1.56. The second-order valence-corrected chi connectivity index (χ2v) is 4.23. The van der Waals surface area contributed by atoms with E-state index in [1.165, 1.54) is 13.8 Å². The monoisotopic (exact) mass is 246 g/mol. The number of aliphatic carboxylic acids is 1. The van der Waals surface area contributed by atoms with Crippen molar-refractivity contribution in [2.45, 2.75) is 25.5 Å². The van der Waals surface area contributed by atoms with Gasteiger partial charge >= 0.3 is 51.4 Å². The van der Waals surface area contributed by atoms with Crippen LogP contribution in [0.25, 0.3) is 0 Å². The molecule has 0 aromatic rings. The predicted molar refractivity (Wildman–Crippen MR) is 44.4 cm³/mol. The molecule has 0 aromatic heterocycles. The van der Waals surface area contributed by atoms with E-state index in [1.807, 2.05) is 0 Å². The predicted octanol–water partition coefficient (Wildman–Crippen LogP) is -3.65. The van der Waals surface area contributed by atoms with Crippen LogP contribution in [0.3, 0.4) is 0 Å². The van der Waals surface area contributed by atoms with E-state index >= 15 is 0 Å². The van der Waals surface area contributed by atoms with Gasteiger partial charge in [0, 0.05) is 0 Å². The van der Waals surface area contributed by atoms with Crippen LogP contribution < -0.4 is 56.5 Å². The molecule has 0 spiro atoms. The van der Waals surface area contributed by atoms with Crippen LogP contribution >= 0.6 is 0 Å². The van der Waals surface area contributed by atoms with Crippen molar-refractivity contribution in [3.8, 4) is 0 Å². The Morgan fingerprint density at radius 2 is 2.00 bits per heavy atom.